The van der Waals surface area contributed by atoms with Crippen LogP contribution in [0.15, 0.2) is 33.9 Å². The van der Waals surface area contributed by atoms with Crippen molar-refractivity contribution in [2.45, 2.75) is 30.9 Å². The zero-order valence-corrected chi connectivity index (χ0v) is 15.3. The van der Waals surface area contributed by atoms with Crippen LogP contribution < -0.4 is 4.72 Å². The second kappa shape index (κ2) is 6.57. The number of amides is 1. The van der Waals surface area contributed by atoms with Gasteiger partial charge in [0.25, 0.3) is 15.9 Å². The Labute approximate surface area is 146 Å². The summed E-state index contributed by atoms with van der Waals surface area (Å²) < 4.78 is 27.9. The number of carbonyl (C=O) groups excluding carboxylic acids is 1. The summed E-state index contributed by atoms with van der Waals surface area (Å²) in [4.78, 5) is 14.1. The van der Waals surface area contributed by atoms with E-state index in [2.05, 4.69) is 4.72 Å². The largest absolute Gasteiger partial charge is 0.339 e. The smallest absolute Gasteiger partial charge is 0.271 e. The number of anilines is 1. The Morgan fingerprint density at radius 3 is 2.33 bits per heavy atom. The van der Waals surface area contributed by atoms with E-state index in [1.165, 1.54) is 6.07 Å². The van der Waals surface area contributed by atoms with E-state index in [1.807, 2.05) is 19.9 Å². The van der Waals surface area contributed by atoms with Gasteiger partial charge < -0.3 is 4.90 Å². The Balaban J connectivity index is 1.81. The molecule has 0 unspecified atom stereocenters. The third kappa shape index (κ3) is 3.62. The fraction of sp³-hybridized carbons (Fsp3) is 0.353. The van der Waals surface area contributed by atoms with Crippen LogP contribution >= 0.6 is 11.3 Å². The molecule has 128 valence electrons. The number of hydrogen-bond donors (Lipinski definition) is 1. The van der Waals surface area contributed by atoms with Crippen LogP contribution in [0, 0.1) is 13.8 Å². The molecule has 1 N–H and O–H groups in total. The highest BCUT2D eigenvalue weighted by Gasteiger charge is 2.24. The molecule has 0 aliphatic carbocycles. The van der Waals surface area contributed by atoms with Crippen LogP contribution in [0.5, 0.6) is 0 Å². The maximum Gasteiger partial charge on any atom is 0.271 e. The first-order valence-corrected chi connectivity index (χ1v) is 10.2. The van der Waals surface area contributed by atoms with Crippen molar-refractivity contribution < 1.29 is 13.2 Å². The Kier molecular flexibility index (Phi) is 4.64. The molecule has 3 rings (SSSR count). The van der Waals surface area contributed by atoms with E-state index in [-0.39, 0.29) is 10.1 Å². The van der Waals surface area contributed by atoms with E-state index in [4.69, 9.17) is 0 Å². The van der Waals surface area contributed by atoms with Gasteiger partial charge in [0, 0.05) is 24.2 Å². The lowest BCUT2D eigenvalue weighted by Gasteiger charge is -2.13. The maximum absolute atomic E-state index is 12.6. The van der Waals surface area contributed by atoms with Crippen molar-refractivity contribution in [3.63, 3.8) is 0 Å². The summed E-state index contributed by atoms with van der Waals surface area (Å²) in [5.74, 6) is -0.0865. The Morgan fingerprint density at radius 1 is 1.08 bits per heavy atom. The molecule has 0 spiro atoms. The molecule has 5 nitrogen and oxygen atoms in total. The average molecular weight is 364 g/mol. The predicted octanol–water partition coefficient (Wildman–Crippen LogP) is 3.40. The van der Waals surface area contributed by atoms with Gasteiger partial charge >= 0.3 is 0 Å². The molecule has 0 saturated carbocycles. The highest BCUT2D eigenvalue weighted by Crippen LogP contribution is 2.25. The van der Waals surface area contributed by atoms with Gasteiger partial charge in [0.15, 0.2) is 0 Å². The van der Waals surface area contributed by atoms with E-state index < -0.39 is 10.0 Å². The lowest BCUT2D eigenvalue weighted by atomic mass is 10.1. The molecule has 0 atom stereocenters. The molecule has 2 heterocycles. The summed E-state index contributed by atoms with van der Waals surface area (Å²) in [5.41, 5.74) is 2.96. The fourth-order valence-corrected chi connectivity index (χ4v) is 5.11. The van der Waals surface area contributed by atoms with Gasteiger partial charge in [-0.15, -0.1) is 11.3 Å². The van der Waals surface area contributed by atoms with Crippen LogP contribution in [0.25, 0.3) is 0 Å². The molecule has 2 aromatic rings. The molecule has 24 heavy (non-hydrogen) atoms. The van der Waals surface area contributed by atoms with Gasteiger partial charge in [0.2, 0.25) is 0 Å². The number of aryl methyl sites for hydroxylation is 2. The second-order valence-corrected chi connectivity index (χ2v) is 8.96. The number of nitrogens with zero attached hydrogens (tertiary/aromatic N) is 1. The van der Waals surface area contributed by atoms with E-state index in [0.29, 0.717) is 11.3 Å². The number of thiophene rings is 1. The van der Waals surface area contributed by atoms with Crippen LogP contribution in [-0.2, 0) is 10.0 Å². The summed E-state index contributed by atoms with van der Waals surface area (Å²) in [5, 5.41) is 1.62. The van der Waals surface area contributed by atoms with Gasteiger partial charge in [-0.3, -0.25) is 9.52 Å². The molecular weight excluding hydrogens is 344 g/mol. The molecule has 1 fully saturated rings. The number of carbonyl (C=O) groups is 1. The van der Waals surface area contributed by atoms with E-state index in [0.717, 1.165) is 48.4 Å². The topological polar surface area (TPSA) is 66.5 Å². The number of rotatable bonds is 4. The minimum atomic E-state index is -3.69. The molecule has 7 heteroatoms. The van der Waals surface area contributed by atoms with Crippen molar-refractivity contribution in [2.75, 3.05) is 17.8 Å². The first-order valence-electron chi connectivity index (χ1n) is 7.84. The Morgan fingerprint density at radius 2 is 1.71 bits per heavy atom. The van der Waals surface area contributed by atoms with Crippen LogP contribution in [0.2, 0.25) is 0 Å². The van der Waals surface area contributed by atoms with Gasteiger partial charge in [-0.1, -0.05) is 6.07 Å². The normalized spacial score (nSPS) is 14.8. The molecule has 1 aromatic heterocycles. The predicted molar refractivity (Wildman–Crippen MR) is 96.2 cm³/mol. The molecule has 0 bridgehead atoms. The third-order valence-corrected chi connectivity index (χ3v) is 6.78. The van der Waals surface area contributed by atoms with Crippen LogP contribution in [0.1, 0.15) is 34.3 Å². The molecule has 1 saturated heterocycles. The average Bonchev–Trinajstić information content (AvgIpc) is 3.17. The minimum absolute atomic E-state index is 0.0865. The maximum atomic E-state index is 12.6. The Hall–Kier alpha value is -1.86. The number of hydrogen-bond acceptors (Lipinski definition) is 4. The lowest BCUT2D eigenvalue weighted by molar-refractivity contribution is 0.0793. The summed E-state index contributed by atoms with van der Waals surface area (Å²) in [6, 6.07) is 7.02. The summed E-state index contributed by atoms with van der Waals surface area (Å²) in [7, 11) is -3.69. The van der Waals surface area contributed by atoms with Gasteiger partial charge in [0.1, 0.15) is 4.21 Å². The third-order valence-electron chi connectivity index (χ3n) is 3.95. The fourth-order valence-electron chi connectivity index (χ4n) is 2.91. The number of benzene rings is 1. The highest BCUT2D eigenvalue weighted by molar-refractivity contribution is 7.94. The van der Waals surface area contributed by atoms with Crippen LogP contribution in [0.3, 0.4) is 0 Å². The molecular formula is C17H20N2O3S2. The quantitative estimate of drug-likeness (QED) is 0.904. The molecule has 1 aromatic carbocycles. The zero-order chi connectivity index (χ0) is 17.3. The van der Waals surface area contributed by atoms with E-state index in [1.54, 1.807) is 22.4 Å². The van der Waals surface area contributed by atoms with E-state index >= 15 is 0 Å². The minimum Gasteiger partial charge on any atom is -0.339 e. The van der Waals surface area contributed by atoms with Crippen molar-refractivity contribution >= 4 is 33.0 Å². The first-order chi connectivity index (χ1) is 11.3. The SMILES string of the molecule is Cc1cc(C)cc(NS(=O)(=O)c2cc(C(=O)N3CCCC3)cs2)c1. The van der Waals surface area contributed by atoms with Gasteiger partial charge in [-0.05, 0) is 56.0 Å². The first kappa shape index (κ1) is 17.0. The highest BCUT2D eigenvalue weighted by atomic mass is 32.2. The lowest BCUT2D eigenvalue weighted by Crippen LogP contribution is -2.27. The van der Waals surface area contributed by atoms with Crippen molar-refractivity contribution in [2.24, 2.45) is 0 Å². The molecule has 1 aliphatic heterocycles. The summed E-state index contributed by atoms with van der Waals surface area (Å²) >= 11 is 1.07. The Bertz CT molecular complexity index is 845. The van der Waals surface area contributed by atoms with Gasteiger partial charge in [-0.2, -0.15) is 0 Å². The molecule has 1 aliphatic rings. The van der Waals surface area contributed by atoms with Crippen LogP contribution in [-0.4, -0.2) is 32.3 Å². The molecule has 0 radical (unpaired) electrons. The number of likely N-dealkylation sites (tertiary alicyclic amines) is 1. The summed E-state index contributed by atoms with van der Waals surface area (Å²) in [6.07, 6.45) is 2.02. The molecule has 1 amide bonds. The second-order valence-electron chi connectivity index (χ2n) is 6.14. The monoisotopic (exact) mass is 364 g/mol. The van der Waals surface area contributed by atoms with E-state index in [9.17, 15) is 13.2 Å². The van der Waals surface area contributed by atoms with Gasteiger partial charge in [-0.25, -0.2) is 8.42 Å². The van der Waals surface area contributed by atoms with Crippen LogP contribution in [0.4, 0.5) is 5.69 Å². The van der Waals surface area contributed by atoms with Gasteiger partial charge in [0.05, 0.1) is 5.56 Å². The van der Waals surface area contributed by atoms with Crippen molar-refractivity contribution in [3.05, 3.63) is 46.3 Å². The number of sulfonamides is 1. The van der Waals surface area contributed by atoms with Crippen molar-refractivity contribution in [1.29, 1.82) is 0 Å². The standard InChI is InChI=1S/C17H20N2O3S2/c1-12-7-13(2)9-15(8-12)18-24(21,22)16-10-14(11-23-16)17(20)19-5-3-4-6-19/h7-11,18H,3-6H2,1-2H3. The number of nitrogens with one attached hydrogen (secondary N) is 1. The zero-order valence-electron chi connectivity index (χ0n) is 13.7. The van der Waals surface area contributed by atoms with Crippen molar-refractivity contribution in [3.8, 4) is 0 Å². The summed E-state index contributed by atoms with van der Waals surface area (Å²) in [6.45, 7) is 5.33. The van der Waals surface area contributed by atoms with Crippen molar-refractivity contribution in [1.82, 2.24) is 4.90 Å².